The van der Waals surface area contributed by atoms with E-state index in [4.69, 9.17) is 10.2 Å². The molecule has 0 heterocycles. The highest BCUT2D eigenvalue weighted by Crippen LogP contribution is 2.21. The number of allylic oxidation sites excluding steroid dienone is 2. The van der Waals surface area contributed by atoms with E-state index < -0.39 is 6.10 Å². The van der Waals surface area contributed by atoms with Gasteiger partial charge in [-0.3, -0.25) is 0 Å². The summed E-state index contributed by atoms with van der Waals surface area (Å²) in [5, 5.41) is 27.2. The number of hydrogen-bond acceptors (Lipinski definition) is 3. The first-order valence-corrected chi connectivity index (χ1v) is 3.97. The first kappa shape index (κ1) is 9.51. The molecule has 3 N–H and O–H groups in total. The molecule has 4 heteroatoms. The first-order valence-electron chi connectivity index (χ1n) is 3.97. The smallest absolute Gasteiger partial charge is 0.138 e. The van der Waals surface area contributed by atoms with Gasteiger partial charge in [-0.2, -0.15) is 0 Å². The Hall–Kier alpha value is -0.575. The molecule has 2 atom stereocenters. The molecule has 0 fully saturated rings. The second-order valence-electron chi connectivity index (χ2n) is 3.08. The molecular weight excluding hydrogens is 155 g/mol. The minimum absolute atomic E-state index is 0.0875. The third-order valence-corrected chi connectivity index (χ3v) is 2.07. The van der Waals surface area contributed by atoms with Crippen molar-refractivity contribution in [3.05, 3.63) is 23.2 Å². The van der Waals surface area contributed by atoms with Crippen molar-refractivity contribution in [1.29, 1.82) is 0 Å². The molecule has 0 saturated carbocycles. The van der Waals surface area contributed by atoms with Gasteiger partial charge in [0.2, 0.25) is 0 Å². The van der Waals surface area contributed by atoms with Gasteiger partial charge in [0.05, 0.1) is 19.3 Å². The molecule has 0 aromatic rings. The zero-order valence-corrected chi connectivity index (χ0v) is 7.07. The molecule has 0 aliphatic heterocycles. The second-order valence-corrected chi connectivity index (χ2v) is 3.08. The molecular formula is C8H13BO3. The molecule has 1 aliphatic carbocycles. The molecule has 3 nitrogen and oxygen atoms in total. The summed E-state index contributed by atoms with van der Waals surface area (Å²) in [6.45, 7) is -0.237. The van der Waals surface area contributed by atoms with E-state index in [9.17, 15) is 5.11 Å². The SMILES string of the molecule is BC1=CC(CO)C(O)C(CO)=C1. The monoisotopic (exact) mass is 168 g/mol. The van der Waals surface area contributed by atoms with Gasteiger partial charge >= 0.3 is 0 Å². The first-order chi connectivity index (χ1) is 5.69. The largest absolute Gasteiger partial charge is 0.396 e. The summed E-state index contributed by atoms with van der Waals surface area (Å²) >= 11 is 0. The fourth-order valence-electron chi connectivity index (χ4n) is 1.42. The summed E-state index contributed by atoms with van der Waals surface area (Å²) < 4.78 is 0. The Morgan fingerprint density at radius 2 is 2.08 bits per heavy atom. The lowest BCUT2D eigenvalue weighted by atomic mass is 9.81. The van der Waals surface area contributed by atoms with E-state index in [0.29, 0.717) is 5.57 Å². The predicted octanol–water partition coefficient (Wildman–Crippen LogP) is -1.59. The molecule has 12 heavy (non-hydrogen) atoms. The van der Waals surface area contributed by atoms with Crippen LogP contribution in [-0.2, 0) is 0 Å². The van der Waals surface area contributed by atoms with Crippen molar-refractivity contribution in [2.45, 2.75) is 6.10 Å². The molecule has 2 unspecified atom stereocenters. The average Bonchev–Trinajstić information content (AvgIpc) is 2.08. The Bertz CT molecular complexity index is 222. The Labute approximate surface area is 72.4 Å². The third kappa shape index (κ3) is 1.77. The van der Waals surface area contributed by atoms with Crippen LogP contribution in [0.3, 0.4) is 0 Å². The van der Waals surface area contributed by atoms with Gasteiger partial charge in [-0.15, -0.1) is 0 Å². The molecule has 0 radical (unpaired) electrons. The van der Waals surface area contributed by atoms with Crippen molar-refractivity contribution in [2.24, 2.45) is 5.92 Å². The molecule has 0 spiro atoms. The van der Waals surface area contributed by atoms with Crippen molar-refractivity contribution in [3.63, 3.8) is 0 Å². The Morgan fingerprint density at radius 1 is 1.42 bits per heavy atom. The van der Waals surface area contributed by atoms with Crippen molar-refractivity contribution >= 4 is 7.85 Å². The fraction of sp³-hybridized carbons (Fsp3) is 0.500. The van der Waals surface area contributed by atoms with Gasteiger partial charge in [-0.05, 0) is 5.57 Å². The van der Waals surface area contributed by atoms with Gasteiger partial charge in [0.15, 0.2) is 0 Å². The van der Waals surface area contributed by atoms with Gasteiger partial charge in [0.1, 0.15) is 7.85 Å². The lowest BCUT2D eigenvalue weighted by Crippen LogP contribution is -2.28. The molecule has 66 valence electrons. The van der Waals surface area contributed by atoms with Crippen molar-refractivity contribution < 1.29 is 15.3 Å². The van der Waals surface area contributed by atoms with Crippen LogP contribution in [0.2, 0.25) is 0 Å². The van der Waals surface area contributed by atoms with Crippen molar-refractivity contribution in [2.75, 3.05) is 13.2 Å². The van der Waals surface area contributed by atoms with Crippen LogP contribution in [0.25, 0.3) is 0 Å². The van der Waals surface area contributed by atoms with Crippen LogP contribution in [0.5, 0.6) is 0 Å². The molecule has 1 rings (SSSR count). The number of aliphatic hydroxyl groups excluding tert-OH is 3. The summed E-state index contributed by atoms with van der Waals surface area (Å²) in [7, 11) is 1.88. The van der Waals surface area contributed by atoms with E-state index in [1.807, 2.05) is 13.9 Å². The average molecular weight is 168 g/mol. The summed E-state index contributed by atoms with van der Waals surface area (Å²) in [5.41, 5.74) is 1.55. The second kappa shape index (κ2) is 3.89. The van der Waals surface area contributed by atoms with E-state index in [2.05, 4.69) is 0 Å². The maximum absolute atomic E-state index is 9.51. The molecule has 1 aliphatic rings. The van der Waals surface area contributed by atoms with Crippen LogP contribution in [-0.4, -0.2) is 42.5 Å². The Balaban J connectivity index is 2.83. The highest BCUT2D eigenvalue weighted by atomic mass is 16.3. The molecule has 0 bridgehead atoms. The summed E-state index contributed by atoms with van der Waals surface area (Å²) in [6.07, 6.45) is 2.82. The third-order valence-electron chi connectivity index (χ3n) is 2.07. The highest BCUT2D eigenvalue weighted by Gasteiger charge is 2.22. The zero-order chi connectivity index (χ0) is 9.14. The fourth-order valence-corrected chi connectivity index (χ4v) is 1.42. The molecule has 0 amide bonds. The standard InChI is InChI=1S/C8H13BO3/c9-7-1-5(3-10)8(12)6(2-7)4-11/h1-2,5,8,10-12H,3-4,9H2. The maximum atomic E-state index is 9.51. The summed E-state index contributed by atoms with van der Waals surface area (Å²) in [5.74, 6) is -0.267. The quantitative estimate of drug-likeness (QED) is 0.435. The lowest BCUT2D eigenvalue weighted by Gasteiger charge is -2.24. The van der Waals surface area contributed by atoms with Gasteiger partial charge < -0.3 is 15.3 Å². The molecule has 0 aromatic heterocycles. The van der Waals surface area contributed by atoms with Crippen molar-refractivity contribution in [3.8, 4) is 0 Å². The highest BCUT2D eigenvalue weighted by molar-refractivity contribution is 6.23. The molecule has 0 aromatic carbocycles. The normalized spacial score (nSPS) is 29.6. The van der Waals surface area contributed by atoms with Gasteiger partial charge in [0.25, 0.3) is 0 Å². The number of hydrogen-bond donors (Lipinski definition) is 3. The minimum Gasteiger partial charge on any atom is -0.396 e. The Kier molecular flexibility index (Phi) is 3.09. The van der Waals surface area contributed by atoms with Crippen LogP contribution in [0, 0.1) is 5.92 Å². The van der Waals surface area contributed by atoms with E-state index in [1.54, 1.807) is 6.08 Å². The Morgan fingerprint density at radius 3 is 2.58 bits per heavy atom. The van der Waals surface area contributed by atoms with E-state index in [0.717, 1.165) is 5.47 Å². The zero-order valence-electron chi connectivity index (χ0n) is 7.07. The van der Waals surface area contributed by atoms with E-state index >= 15 is 0 Å². The van der Waals surface area contributed by atoms with Crippen LogP contribution in [0.4, 0.5) is 0 Å². The van der Waals surface area contributed by atoms with E-state index in [1.165, 1.54) is 0 Å². The number of aliphatic hydroxyl groups is 3. The van der Waals surface area contributed by atoms with Gasteiger partial charge in [-0.1, -0.05) is 17.6 Å². The maximum Gasteiger partial charge on any atom is 0.138 e. The minimum atomic E-state index is -0.733. The summed E-state index contributed by atoms with van der Waals surface area (Å²) in [4.78, 5) is 0. The number of rotatable bonds is 2. The van der Waals surface area contributed by atoms with Crippen LogP contribution in [0.1, 0.15) is 0 Å². The van der Waals surface area contributed by atoms with Crippen LogP contribution in [0.15, 0.2) is 23.2 Å². The van der Waals surface area contributed by atoms with Gasteiger partial charge in [-0.25, -0.2) is 0 Å². The van der Waals surface area contributed by atoms with Crippen molar-refractivity contribution in [1.82, 2.24) is 0 Å². The van der Waals surface area contributed by atoms with Crippen LogP contribution >= 0.6 is 0 Å². The predicted molar refractivity (Wildman–Crippen MR) is 48.4 cm³/mol. The molecule has 0 saturated heterocycles. The van der Waals surface area contributed by atoms with Crippen LogP contribution < -0.4 is 0 Å². The summed E-state index contributed by atoms with van der Waals surface area (Å²) in [6, 6.07) is 0. The van der Waals surface area contributed by atoms with E-state index in [-0.39, 0.29) is 19.1 Å². The lowest BCUT2D eigenvalue weighted by molar-refractivity contribution is 0.106. The van der Waals surface area contributed by atoms with Gasteiger partial charge in [0, 0.05) is 5.92 Å². The topological polar surface area (TPSA) is 60.7 Å².